The fourth-order valence-corrected chi connectivity index (χ4v) is 0. The van der Waals surface area contributed by atoms with Gasteiger partial charge in [0.15, 0.2) is 0 Å². The Morgan fingerprint density at radius 1 is 1.75 bits per heavy atom. The molecule has 0 aromatic rings. The van der Waals surface area contributed by atoms with E-state index in [1.807, 2.05) is 0 Å². The predicted molar refractivity (Wildman–Crippen MR) is 14.6 cm³/mol. The molecule has 0 aliphatic heterocycles. The Balaban J connectivity index is 0. The van der Waals surface area contributed by atoms with E-state index in [9.17, 15) is 0 Å². The minimum Gasteiger partial charge on any atom is -0.530 e. The average Bonchev–Trinajstić information content (AvgIpc) is 0.918. The van der Waals surface area contributed by atoms with Crippen LogP contribution in [0, 0.1) is 0 Å². The SMILES string of the molecule is O=[C-]Br.[Au+]. The van der Waals surface area contributed by atoms with Gasteiger partial charge in [-0.1, -0.05) is 0 Å². The maximum absolute atomic E-state index is 8.60. The molecular formula is CAuBrO. The minimum atomic E-state index is 0. The molecule has 28 valence electrons. The summed E-state index contributed by atoms with van der Waals surface area (Å²) in [5.41, 5.74) is 0. The summed E-state index contributed by atoms with van der Waals surface area (Å²) in [7, 11) is 0. The van der Waals surface area contributed by atoms with Crippen LogP contribution in [0.5, 0.6) is 0 Å². The van der Waals surface area contributed by atoms with Gasteiger partial charge in [-0.2, -0.15) is 5.20 Å². The molecule has 0 aromatic heterocycles. The molecule has 0 unspecified atom stereocenters. The van der Waals surface area contributed by atoms with Gasteiger partial charge in [0.25, 0.3) is 0 Å². The van der Waals surface area contributed by atoms with Gasteiger partial charge >= 0.3 is 22.4 Å². The molecule has 0 aliphatic carbocycles. The third-order valence-electron chi connectivity index (χ3n) is 0. The molecule has 0 radical (unpaired) electrons. The number of hydrogen-bond acceptors (Lipinski definition) is 1. The number of rotatable bonds is 0. The first kappa shape index (κ1) is 8.86. The van der Waals surface area contributed by atoms with E-state index in [4.69, 9.17) is 4.79 Å². The quantitative estimate of drug-likeness (QED) is 0.361. The molecule has 1 nitrogen and oxygen atoms in total. The third-order valence-corrected chi connectivity index (χ3v) is 0. The molecule has 0 saturated heterocycles. The van der Waals surface area contributed by atoms with Gasteiger partial charge in [0, 0.05) is 0 Å². The summed E-state index contributed by atoms with van der Waals surface area (Å²) >= 11 is 2.34. The van der Waals surface area contributed by atoms with Crippen molar-refractivity contribution in [2.75, 3.05) is 0 Å². The summed E-state index contributed by atoms with van der Waals surface area (Å²) in [6.45, 7) is 0. The van der Waals surface area contributed by atoms with Crippen molar-refractivity contribution in [1.29, 1.82) is 0 Å². The van der Waals surface area contributed by atoms with Crippen LogP contribution in [0.15, 0.2) is 0 Å². The zero-order valence-corrected chi connectivity index (χ0v) is 5.34. The molecule has 0 N–H and O–H groups in total. The van der Waals surface area contributed by atoms with Gasteiger partial charge in [-0.05, 0) is 0 Å². The first-order valence-electron chi connectivity index (χ1n) is 0.393. The van der Waals surface area contributed by atoms with Crippen LogP contribution < -0.4 is 0 Å². The Morgan fingerprint density at radius 2 is 1.75 bits per heavy atom. The van der Waals surface area contributed by atoms with Crippen LogP contribution in [-0.4, -0.2) is 5.20 Å². The van der Waals surface area contributed by atoms with Crippen molar-refractivity contribution in [3.8, 4) is 0 Å². The van der Waals surface area contributed by atoms with Gasteiger partial charge in [-0.25, -0.2) is 0 Å². The Bertz CT molecular complexity index is 15.5. The molecule has 0 rings (SSSR count). The first-order chi connectivity index (χ1) is 1.41. The zero-order valence-electron chi connectivity index (χ0n) is 1.59. The van der Waals surface area contributed by atoms with Crippen LogP contribution in [0.4, 0.5) is 0 Å². The van der Waals surface area contributed by atoms with Crippen molar-refractivity contribution in [3.05, 3.63) is 0 Å². The van der Waals surface area contributed by atoms with Crippen LogP contribution in [0.25, 0.3) is 0 Å². The van der Waals surface area contributed by atoms with E-state index in [2.05, 4.69) is 15.9 Å². The van der Waals surface area contributed by atoms with E-state index in [1.54, 1.807) is 0 Å². The van der Waals surface area contributed by atoms with Crippen molar-refractivity contribution < 1.29 is 27.2 Å². The van der Waals surface area contributed by atoms with E-state index >= 15 is 0 Å². The topological polar surface area (TPSA) is 17.1 Å². The maximum Gasteiger partial charge on any atom is 1.00 e. The van der Waals surface area contributed by atoms with Crippen molar-refractivity contribution >= 4 is 21.1 Å². The van der Waals surface area contributed by atoms with E-state index in [0.29, 0.717) is 0 Å². The van der Waals surface area contributed by atoms with Crippen molar-refractivity contribution in [2.24, 2.45) is 0 Å². The molecule has 0 aliphatic rings. The first-order valence-corrected chi connectivity index (χ1v) is 1.19. The zero-order chi connectivity index (χ0) is 2.71. The van der Waals surface area contributed by atoms with Crippen LogP contribution in [0.3, 0.4) is 0 Å². The molecule has 0 atom stereocenters. The Kier molecular flexibility index (Phi) is 20.1. The summed E-state index contributed by atoms with van der Waals surface area (Å²) in [6.07, 6.45) is 0. The van der Waals surface area contributed by atoms with Crippen LogP contribution >= 0.6 is 15.9 Å². The van der Waals surface area contributed by atoms with Gasteiger partial charge < -0.3 is 4.79 Å². The summed E-state index contributed by atoms with van der Waals surface area (Å²) in [6, 6.07) is 0. The van der Waals surface area contributed by atoms with E-state index < -0.39 is 0 Å². The van der Waals surface area contributed by atoms with Crippen molar-refractivity contribution in [3.63, 3.8) is 0 Å². The maximum atomic E-state index is 8.60. The molecule has 0 fully saturated rings. The summed E-state index contributed by atoms with van der Waals surface area (Å²) in [5.74, 6) is 0. The van der Waals surface area contributed by atoms with E-state index in [0.717, 1.165) is 0 Å². The molecule has 0 bridgehead atoms. The second-order valence-electron chi connectivity index (χ2n) is 0.0772. The molecular weight excluding hydrogens is 305 g/mol. The van der Waals surface area contributed by atoms with Crippen LogP contribution in [0.2, 0.25) is 0 Å². The van der Waals surface area contributed by atoms with Gasteiger partial charge in [-0.15, -0.1) is 0 Å². The Labute approximate surface area is 48.4 Å². The number of hydrogen-bond donors (Lipinski definition) is 0. The van der Waals surface area contributed by atoms with Gasteiger partial charge in [0.05, 0.1) is 0 Å². The predicted octanol–water partition coefficient (Wildman–Crippen LogP) is 0.446. The standard InChI is InChI=1S/CBrO.Au/c2-1-3;/q-1;+1. The second-order valence-corrected chi connectivity index (χ2v) is 0.401. The normalized spacial score (nSPS) is 3.25. The third kappa shape index (κ3) is 13.0. The van der Waals surface area contributed by atoms with Gasteiger partial charge in [0.1, 0.15) is 0 Å². The van der Waals surface area contributed by atoms with Crippen LogP contribution in [0.1, 0.15) is 0 Å². The Hall–Kier alpha value is 0.890. The second kappa shape index (κ2) is 9.10. The van der Waals surface area contributed by atoms with Crippen LogP contribution in [-0.2, 0) is 27.2 Å². The fraction of sp³-hybridized carbons (Fsp3) is 0. The van der Waals surface area contributed by atoms with E-state index in [-0.39, 0.29) is 22.4 Å². The summed E-state index contributed by atoms with van der Waals surface area (Å²) in [4.78, 5) is 8.60. The number of halogens is 1. The fourth-order valence-electron chi connectivity index (χ4n) is 0. The molecule has 0 spiro atoms. The largest absolute Gasteiger partial charge is 1.00 e. The molecule has 3 heteroatoms. The Morgan fingerprint density at radius 3 is 1.75 bits per heavy atom. The van der Waals surface area contributed by atoms with Gasteiger partial charge in [0.2, 0.25) is 0 Å². The summed E-state index contributed by atoms with van der Waals surface area (Å²) < 4.78 is 0. The smallest absolute Gasteiger partial charge is 0.530 e. The number of carbonyl (C=O) groups excluding carboxylic acids is 1. The van der Waals surface area contributed by atoms with E-state index in [1.165, 1.54) is 5.20 Å². The molecule has 0 heterocycles. The van der Waals surface area contributed by atoms with Gasteiger partial charge in [-0.3, -0.25) is 15.9 Å². The monoisotopic (exact) mass is 304 g/mol. The molecule has 0 saturated carbocycles. The van der Waals surface area contributed by atoms with Crippen molar-refractivity contribution in [2.45, 2.75) is 0 Å². The molecule has 0 aromatic carbocycles. The van der Waals surface area contributed by atoms with Crippen molar-refractivity contribution in [1.82, 2.24) is 0 Å². The summed E-state index contributed by atoms with van der Waals surface area (Å²) in [5, 5.41) is 1.31. The molecule has 4 heavy (non-hydrogen) atoms. The molecule has 0 amide bonds. The minimum absolute atomic E-state index is 0. The average molecular weight is 305 g/mol.